The predicted molar refractivity (Wildman–Crippen MR) is 91.0 cm³/mol. The van der Waals surface area contributed by atoms with Crippen molar-refractivity contribution in [1.29, 1.82) is 0 Å². The van der Waals surface area contributed by atoms with Gasteiger partial charge in [-0.25, -0.2) is 0 Å². The summed E-state index contributed by atoms with van der Waals surface area (Å²) in [6.45, 7) is 2.28. The standard InChI is InChI=1S/C19H36O/c1-3-4-5-6-7-8-9-10-11-12-13-14-15-16-17-18-19-20-2/h16-19H,3-15H2,1-2H3/b17-16+,19-18+. The molecule has 0 radical (unpaired) electrons. The van der Waals surface area contributed by atoms with Crippen molar-refractivity contribution in [2.24, 2.45) is 0 Å². The first-order valence-electron chi connectivity index (χ1n) is 8.76. The SMILES string of the molecule is CCCCCCCCCCCCCC/C=C/C=C/OC. The van der Waals surface area contributed by atoms with Crippen LogP contribution < -0.4 is 0 Å². The summed E-state index contributed by atoms with van der Waals surface area (Å²) in [5.74, 6) is 0. The highest BCUT2D eigenvalue weighted by atomic mass is 16.5. The van der Waals surface area contributed by atoms with Crippen LogP contribution in [-0.4, -0.2) is 7.11 Å². The van der Waals surface area contributed by atoms with Crippen LogP contribution in [0.25, 0.3) is 0 Å². The molecule has 0 aliphatic carbocycles. The summed E-state index contributed by atoms with van der Waals surface area (Å²) in [4.78, 5) is 0. The van der Waals surface area contributed by atoms with E-state index in [-0.39, 0.29) is 0 Å². The molecule has 0 heterocycles. The summed E-state index contributed by atoms with van der Waals surface area (Å²) in [6.07, 6.45) is 26.2. The van der Waals surface area contributed by atoms with Crippen LogP contribution in [0.4, 0.5) is 0 Å². The zero-order chi connectivity index (χ0) is 14.7. The van der Waals surface area contributed by atoms with Crippen LogP contribution in [-0.2, 0) is 4.74 Å². The van der Waals surface area contributed by atoms with E-state index >= 15 is 0 Å². The number of hydrogen-bond acceptors (Lipinski definition) is 1. The maximum Gasteiger partial charge on any atom is 0.0824 e. The quantitative estimate of drug-likeness (QED) is 0.182. The molecule has 0 spiro atoms. The van der Waals surface area contributed by atoms with E-state index in [1.807, 2.05) is 6.08 Å². The molecule has 0 unspecified atom stereocenters. The van der Waals surface area contributed by atoms with Crippen molar-refractivity contribution < 1.29 is 4.74 Å². The zero-order valence-electron chi connectivity index (χ0n) is 13.9. The van der Waals surface area contributed by atoms with E-state index in [1.165, 1.54) is 83.5 Å². The van der Waals surface area contributed by atoms with E-state index in [2.05, 4.69) is 19.1 Å². The third-order valence-corrected chi connectivity index (χ3v) is 3.69. The van der Waals surface area contributed by atoms with Gasteiger partial charge in [0.25, 0.3) is 0 Å². The van der Waals surface area contributed by atoms with Gasteiger partial charge in [-0.2, -0.15) is 0 Å². The van der Waals surface area contributed by atoms with Crippen LogP contribution in [0.2, 0.25) is 0 Å². The normalized spacial score (nSPS) is 11.7. The topological polar surface area (TPSA) is 9.23 Å². The molecule has 0 aromatic carbocycles. The van der Waals surface area contributed by atoms with Crippen molar-refractivity contribution >= 4 is 0 Å². The fourth-order valence-corrected chi connectivity index (χ4v) is 2.40. The molecule has 0 fully saturated rings. The van der Waals surface area contributed by atoms with E-state index in [0.29, 0.717) is 0 Å². The summed E-state index contributed by atoms with van der Waals surface area (Å²) in [5.41, 5.74) is 0. The van der Waals surface area contributed by atoms with Gasteiger partial charge in [-0.05, 0) is 18.9 Å². The number of ether oxygens (including phenoxy) is 1. The minimum absolute atomic E-state index is 1.20. The Labute approximate surface area is 127 Å². The second-order valence-corrected chi connectivity index (χ2v) is 5.67. The van der Waals surface area contributed by atoms with Crippen molar-refractivity contribution in [2.45, 2.75) is 90.4 Å². The summed E-state index contributed by atoms with van der Waals surface area (Å²) in [7, 11) is 1.68. The van der Waals surface area contributed by atoms with Crippen molar-refractivity contribution in [2.75, 3.05) is 7.11 Å². The molecule has 118 valence electrons. The second-order valence-electron chi connectivity index (χ2n) is 5.67. The molecule has 0 amide bonds. The Morgan fingerprint density at radius 1 is 0.650 bits per heavy atom. The summed E-state index contributed by atoms with van der Waals surface area (Å²) < 4.78 is 4.83. The number of unbranched alkanes of at least 4 members (excludes halogenated alkanes) is 12. The lowest BCUT2D eigenvalue weighted by Crippen LogP contribution is -1.82. The lowest BCUT2D eigenvalue weighted by atomic mass is 10.0. The van der Waals surface area contributed by atoms with Gasteiger partial charge in [-0.1, -0.05) is 89.7 Å². The Balaban J connectivity index is 3.02. The van der Waals surface area contributed by atoms with E-state index in [9.17, 15) is 0 Å². The van der Waals surface area contributed by atoms with Crippen LogP contribution in [0, 0.1) is 0 Å². The molecule has 0 saturated heterocycles. The van der Waals surface area contributed by atoms with Gasteiger partial charge in [0.15, 0.2) is 0 Å². The number of allylic oxidation sites excluding steroid dienone is 3. The molecule has 0 aliphatic rings. The van der Waals surface area contributed by atoms with Gasteiger partial charge in [0.1, 0.15) is 0 Å². The van der Waals surface area contributed by atoms with Crippen LogP contribution in [0.1, 0.15) is 90.4 Å². The van der Waals surface area contributed by atoms with Gasteiger partial charge in [-0.3, -0.25) is 0 Å². The molecule has 0 aromatic rings. The van der Waals surface area contributed by atoms with Gasteiger partial charge in [-0.15, -0.1) is 0 Å². The van der Waals surface area contributed by atoms with E-state index in [0.717, 1.165) is 0 Å². The van der Waals surface area contributed by atoms with Gasteiger partial charge < -0.3 is 4.74 Å². The van der Waals surface area contributed by atoms with Gasteiger partial charge >= 0.3 is 0 Å². The molecule has 0 atom stereocenters. The summed E-state index contributed by atoms with van der Waals surface area (Å²) >= 11 is 0. The van der Waals surface area contributed by atoms with Crippen molar-refractivity contribution in [3.05, 3.63) is 24.5 Å². The summed E-state index contributed by atoms with van der Waals surface area (Å²) in [5, 5.41) is 0. The molecular weight excluding hydrogens is 244 g/mol. The number of rotatable bonds is 15. The summed E-state index contributed by atoms with van der Waals surface area (Å²) in [6, 6.07) is 0. The Morgan fingerprint density at radius 2 is 1.15 bits per heavy atom. The Hall–Kier alpha value is -0.720. The minimum Gasteiger partial charge on any atom is -0.504 e. The monoisotopic (exact) mass is 280 g/mol. The van der Waals surface area contributed by atoms with Crippen molar-refractivity contribution in [1.82, 2.24) is 0 Å². The second kappa shape index (κ2) is 18.3. The highest BCUT2D eigenvalue weighted by Crippen LogP contribution is 2.12. The van der Waals surface area contributed by atoms with Crippen LogP contribution in [0.15, 0.2) is 24.5 Å². The molecule has 0 N–H and O–H groups in total. The van der Waals surface area contributed by atoms with Gasteiger partial charge in [0, 0.05) is 0 Å². The smallest absolute Gasteiger partial charge is 0.0824 e. The Kier molecular flexibility index (Phi) is 17.6. The maximum atomic E-state index is 4.83. The minimum atomic E-state index is 1.20. The van der Waals surface area contributed by atoms with E-state index < -0.39 is 0 Å². The fraction of sp³-hybridized carbons (Fsp3) is 0.789. The van der Waals surface area contributed by atoms with Crippen molar-refractivity contribution in [3.8, 4) is 0 Å². The number of hydrogen-bond donors (Lipinski definition) is 0. The third-order valence-electron chi connectivity index (χ3n) is 3.69. The zero-order valence-corrected chi connectivity index (χ0v) is 13.9. The third kappa shape index (κ3) is 17.3. The lowest BCUT2D eigenvalue weighted by molar-refractivity contribution is 0.338. The molecule has 1 heteroatoms. The molecule has 0 saturated carbocycles. The lowest BCUT2D eigenvalue weighted by Gasteiger charge is -2.02. The molecule has 0 aromatic heterocycles. The first-order valence-corrected chi connectivity index (χ1v) is 8.76. The molecule has 1 nitrogen and oxygen atoms in total. The first kappa shape index (κ1) is 19.3. The molecular formula is C19H36O. The average Bonchev–Trinajstić information content (AvgIpc) is 2.47. The van der Waals surface area contributed by atoms with Crippen LogP contribution >= 0.6 is 0 Å². The van der Waals surface area contributed by atoms with Crippen LogP contribution in [0.3, 0.4) is 0 Å². The average molecular weight is 280 g/mol. The van der Waals surface area contributed by atoms with E-state index in [4.69, 9.17) is 4.74 Å². The first-order chi connectivity index (χ1) is 9.91. The number of methoxy groups -OCH3 is 1. The van der Waals surface area contributed by atoms with Crippen LogP contribution in [0.5, 0.6) is 0 Å². The largest absolute Gasteiger partial charge is 0.504 e. The molecule has 0 rings (SSSR count). The Bertz CT molecular complexity index is 218. The molecule has 0 aliphatic heterocycles. The Morgan fingerprint density at radius 3 is 1.65 bits per heavy atom. The maximum absolute atomic E-state index is 4.83. The van der Waals surface area contributed by atoms with Gasteiger partial charge in [0.2, 0.25) is 0 Å². The molecule has 0 bridgehead atoms. The fourth-order valence-electron chi connectivity index (χ4n) is 2.40. The van der Waals surface area contributed by atoms with Crippen molar-refractivity contribution in [3.63, 3.8) is 0 Å². The predicted octanol–water partition coefficient (Wildman–Crippen LogP) is 6.79. The van der Waals surface area contributed by atoms with E-state index in [1.54, 1.807) is 13.4 Å². The molecule has 20 heavy (non-hydrogen) atoms. The highest BCUT2D eigenvalue weighted by molar-refractivity contribution is 4.99. The van der Waals surface area contributed by atoms with Gasteiger partial charge in [0.05, 0.1) is 13.4 Å². The highest BCUT2D eigenvalue weighted by Gasteiger charge is 1.92.